The number of aromatic nitrogens is 2. The minimum absolute atomic E-state index is 0.0950. The van der Waals surface area contributed by atoms with Crippen LogP contribution >= 0.6 is 0 Å². The first-order valence-electron chi connectivity index (χ1n) is 11.7. The molecule has 2 fully saturated rings. The van der Waals surface area contributed by atoms with Crippen molar-refractivity contribution in [3.05, 3.63) is 47.8 Å². The van der Waals surface area contributed by atoms with Crippen LogP contribution in [0.15, 0.2) is 36.7 Å². The summed E-state index contributed by atoms with van der Waals surface area (Å²) < 4.78 is 95.1. The lowest BCUT2D eigenvalue weighted by molar-refractivity contribution is -0.220. The third-order valence-electron chi connectivity index (χ3n) is 7.03. The molecule has 37 heavy (non-hydrogen) atoms. The second-order valence-corrected chi connectivity index (χ2v) is 9.53. The highest BCUT2D eigenvalue weighted by molar-refractivity contribution is 5.68. The van der Waals surface area contributed by atoms with Crippen LogP contribution in [0, 0.1) is 5.41 Å². The number of likely N-dealkylation sites (tertiary alicyclic amines) is 1. The number of amides is 1. The van der Waals surface area contributed by atoms with Crippen LogP contribution in [0.4, 0.5) is 31.1 Å². The van der Waals surface area contributed by atoms with E-state index in [-0.39, 0.29) is 31.2 Å². The molecule has 1 aromatic heterocycles. The Balaban J connectivity index is 1.24. The normalized spacial score (nSPS) is 18.9. The van der Waals surface area contributed by atoms with E-state index < -0.39 is 36.7 Å². The molecule has 1 aromatic carbocycles. The maximum atomic E-state index is 13.5. The predicted molar refractivity (Wildman–Crippen MR) is 118 cm³/mol. The molecule has 1 aliphatic heterocycles. The van der Waals surface area contributed by atoms with Gasteiger partial charge in [0.1, 0.15) is 5.75 Å². The van der Waals surface area contributed by atoms with Gasteiger partial charge in [0.15, 0.2) is 0 Å². The van der Waals surface area contributed by atoms with Crippen molar-refractivity contribution in [1.29, 1.82) is 0 Å². The molecule has 0 bridgehead atoms. The highest BCUT2D eigenvalue weighted by atomic mass is 19.4. The van der Waals surface area contributed by atoms with Crippen molar-refractivity contribution in [3.8, 4) is 5.75 Å². The zero-order valence-corrected chi connectivity index (χ0v) is 20.0. The van der Waals surface area contributed by atoms with E-state index in [1.807, 2.05) is 0 Å². The fraction of sp³-hybridized carbons (Fsp3) is 0.583. The molecule has 1 unspecified atom stereocenters. The van der Waals surface area contributed by atoms with Crippen LogP contribution in [0.2, 0.25) is 0 Å². The van der Waals surface area contributed by atoms with Gasteiger partial charge < -0.3 is 19.1 Å². The van der Waals surface area contributed by atoms with Crippen LogP contribution in [-0.4, -0.2) is 59.9 Å². The first-order chi connectivity index (χ1) is 17.4. The molecule has 1 amide bonds. The molecule has 1 spiro atoms. The first-order valence-corrected chi connectivity index (χ1v) is 11.7. The maximum Gasteiger partial charge on any atom is 0.427 e. The number of piperidine rings is 1. The second kappa shape index (κ2) is 10.4. The number of ether oxygens (including phenoxy) is 3. The number of rotatable bonds is 7. The predicted octanol–water partition coefficient (Wildman–Crippen LogP) is 5.61. The van der Waals surface area contributed by atoms with Crippen molar-refractivity contribution >= 4 is 6.09 Å². The van der Waals surface area contributed by atoms with E-state index in [4.69, 9.17) is 14.2 Å². The molecule has 1 atom stereocenters. The number of halogens is 6. The summed E-state index contributed by atoms with van der Waals surface area (Å²) in [5.74, 6) is 0.601. The molecule has 1 aliphatic carbocycles. The number of alkyl halides is 6. The van der Waals surface area contributed by atoms with Gasteiger partial charge in [-0.2, -0.15) is 31.4 Å². The van der Waals surface area contributed by atoms with Gasteiger partial charge in [-0.25, -0.2) is 4.79 Å². The topological polar surface area (TPSA) is 65.8 Å². The number of carbonyl (C=O) groups excluding carboxylic acids is 1. The van der Waals surface area contributed by atoms with E-state index in [9.17, 15) is 31.1 Å². The van der Waals surface area contributed by atoms with Gasteiger partial charge in [-0.15, -0.1) is 0 Å². The molecule has 2 aromatic rings. The van der Waals surface area contributed by atoms with Crippen LogP contribution in [0.25, 0.3) is 0 Å². The van der Waals surface area contributed by atoms with Crippen LogP contribution in [0.5, 0.6) is 5.75 Å². The lowest BCUT2D eigenvalue weighted by Gasteiger charge is -2.51. The van der Waals surface area contributed by atoms with Crippen LogP contribution in [0.3, 0.4) is 0 Å². The van der Waals surface area contributed by atoms with Crippen molar-refractivity contribution < 1.29 is 45.3 Å². The fourth-order valence-corrected chi connectivity index (χ4v) is 4.78. The van der Waals surface area contributed by atoms with Crippen molar-refractivity contribution in [3.63, 3.8) is 0 Å². The number of benzene rings is 1. The van der Waals surface area contributed by atoms with Gasteiger partial charge in [0.05, 0.1) is 38.1 Å². The minimum Gasteiger partial charge on any atom is -0.497 e. The first kappa shape index (κ1) is 27.1. The highest BCUT2D eigenvalue weighted by Gasteiger charge is 2.49. The summed E-state index contributed by atoms with van der Waals surface area (Å²) in [4.78, 5) is 13.7. The summed E-state index contributed by atoms with van der Waals surface area (Å²) in [5, 5.41) is 3.82. The molecule has 1 saturated carbocycles. The van der Waals surface area contributed by atoms with Crippen molar-refractivity contribution in [1.82, 2.24) is 14.7 Å². The van der Waals surface area contributed by atoms with Gasteiger partial charge in [-0.1, -0.05) is 12.1 Å². The second-order valence-electron chi connectivity index (χ2n) is 9.53. The summed E-state index contributed by atoms with van der Waals surface area (Å²) in [6.07, 6.45) is -8.72. The number of nitrogens with zero attached hydrogens (tertiary/aromatic N) is 3. The molecular formula is C24H27F6N3O4. The Labute approximate surface area is 209 Å². The smallest absolute Gasteiger partial charge is 0.427 e. The number of carbonyl (C=O) groups is 1. The van der Waals surface area contributed by atoms with E-state index in [1.54, 1.807) is 24.3 Å². The van der Waals surface area contributed by atoms with Crippen LogP contribution < -0.4 is 4.74 Å². The summed E-state index contributed by atoms with van der Waals surface area (Å²) in [7, 11) is 1.50. The number of hydrogen-bond acceptors (Lipinski definition) is 5. The molecule has 7 nitrogen and oxygen atoms in total. The monoisotopic (exact) mass is 535 g/mol. The van der Waals surface area contributed by atoms with Gasteiger partial charge in [-0.3, -0.25) is 4.68 Å². The Bertz CT molecular complexity index is 1050. The third kappa shape index (κ3) is 6.49. The largest absolute Gasteiger partial charge is 0.497 e. The summed E-state index contributed by atoms with van der Waals surface area (Å²) in [5.41, 5.74) is -0.340. The minimum atomic E-state index is -4.80. The Morgan fingerprint density at radius 3 is 2.30 bits per heavy atom. The fourth-order valence-electron chi connectivity index (χ4n) is 4.78. The molecular weight excluding hydrogens is 508 g/mol. The molecule has 204 valence electrons. The molecule has 1 saturated heterocycles. The highest BCUT2D eigenvalue weighted by Crippen LogP contribution is 2.54. The Kier molecular flexibility index (Phi) is 7.63. The average molecular weight is 535 g/mol. The van der Waals surface area contributed by atoms with Gasteiger partial charge in [0, 0.05) is 19.3 Å². The van der Waals surface area contributed by atoms with Gasteiger partial charge >= 0.3 is 18.4 Å². The number of methoxy groups -OCH3 is 1. The molecule has 2 heterocycles. The van der Waals surface area contributed by atoms with Gasteiger partial charge in [0.25, 0.3) is 0 Å². The lowest BCUT2D eigenvalue weighted by Crippen LogP contribution is -2.50. The SMILES string of the molecule is COc1ccc(COCC(OC(=O)N2CCC3(CC2)CC(n2cc(C(F)(F)F)cn2)C3)C(F)(F)F)cc1. The van der Waals surface area contributed by atoms with Crippen molar-refractivity contribution in [2.45, 2.75) is 56.8 Å². The van der Waals surface area contributed by atoms with E-state index in [2.05, 4.69) is 5.10 Å². The van der Waals surface area contributed by atoms with E-state index >= 15 is 0 Å². The van der Waals surface area contributed by atoms with E-state index in [0.29, 0.717) is 37.0 Å². The van der Waals surface area contributed by atoms with Crippen LogP contribution in [0.1, 0.15) is 42.9 Å². The third-order valence-corrected chi connectivity index (χ3v) is 7.03. The molecule has 13 heteroatoms. The Morgan fingerprint density at radius 1 is 1.11 bits per heavy atom. The lowest BCUT2D eigenvalue weighted by atomic mass is 9.60. The standard InChI is InChI=1S/C24H27F6N3O4/c1-35-19-4-2-16(3-5-19)14-36-15-20(24(28,29)30)37-21(34)32-8-6-22(7-9-32)10-18(11-22)33-13-17(12-31-33)23(25,26)27/h2-5,12-13,18,20H,6-11,14-15H2,1H3. The number of hydrogen-bond donors (Lipinski definition) is 0. The van der Waals surface area contributed by atoms with Gasteiger partial charge in [-0.05, 0) is 48.8 Å². The summed E-state index contributed by atoms with van der Waals surface area (Å²) >= 11 is 0. The Hall–Kier alpha value is -2.96. The van der Waals surface area contributed by atoms with E-state index in [0.717, 1.165) is 12.4 Å². The van der Waals surface area contributed by atoms with E-state index in [1.165, 1.54) is 16.7 Å². The van der Waals surface area contributed by atoms with Crippen LogP contribution in [-0.2, 0) is 22.3 Å². The molecule has 0 radical (unpaired) electrons. The zero-order chi connectivity index (χ0) is 26.8. The summed E-state index contributed by atoms with van der Waals surface area (Å²) in [6.45, 7) is -0.530. The zero-order valence-electron chi connectivity index (χ0n) is 20.0. The van der Waals surface area contributed by atoms with Crippen molar-refractivity contribution in [2.75, 3.05) is 26.8 Å². The molecule has 0 N–H and O–H groups in total. The average Bonchev–Trinajstić information content (AvgIpc) is 3.32. The quantitative estimate of drug-likeness (QED) is 0.431. The molecule has 4 rings (SSSR count). The van der Waals surface area contributed by atoms with Gasteiger partial charge in [0.2, 0.25) is 6.10 Å². The summed E-state index contributed by atoms with van der Waals surface area (Å²) in [6, 6.07) is 6.45. The molecule has 2 aliphatic rings. The maximum absolute atomic E-state index is 13.5. The Morgan fingerprint density at radius 2 is 1.76 bits per heavy atom. The van der Waals surface area contributed by atoms with Crippen molar-refractivity contribution in [2.24, 2.45) is 5.41 Å².